The summed E-state index contributed by atoms with van der Waals surface area (Å²) in [5, 5.41) is 27.4. The molecular weight excluding hydrogens is 408 g/mol. The minimum atomic E-state index is -0.693. The molecule has 5 rings (SSSR count). The Morgan fingerprint density at radius 1 is 1.31 bits per heavy atom. The quantitative estimate of drug-likeness (QED) is 0.431. The van der Waals surface area contributed by atoms with Crippen molar-refractivity contribution in [3.63, 3.8) is 0 Å². The average Bonchev–Trinajstić information content (AvgIpc) is 3.09. The maximum Gasteiger partial charge on any atom is 0.317 e. The van der Waals surface area contributed by atoms with Gasteiger partial charge in [0.05, 0.1) is 24.5 Å². The molecule has 2 aliphatic carbocycles. The number of carbonyl (C=O) groups is 1. The normalized spacial score (nSPS) is 32.2. The van der Waals surface area contributed by atoms with E-state index >= 15 is 0 Å². The maximum absolute atomic E-state index is 12.3. The molecule has 10 nitrogen and oxygen atoms in total. The van der Waals surface area contributed by atoms with Gasteiger partial charge in [0.25, 0.3) is 0 Å². The molecule has 4 aliphatic rings. The highest BCUT2D eigenvalue weighted by Gasteiger charge is 2.43. The van der Waals surface area contributed by atoms with Crippen molar-refractivity contribution < 1.29 is 9.90 Å². The van der Waals surface area contributed by atoms with Crippen LogP contribution in [0.4, 0.5) is 10.5 Å². The van der Waals surface area contributed by atoms with Gasteiger partial charge in [-0.15, -0.1) is 0 Å². The predicted octanol–water partition coefficient (Wildman–Crippen LogP) is 1.04. The third-order valence-electron chi connectivity index (χ3n) is 6.73. The van der Waals surface area contributed by atoms with Crippen molar-refractivity contribution in [2.75, 3.05) is 18.4 Å². The molecule has 3 heterocycles. The fraction of sp³-hybridized carbons (Fsp3) is 0.682. The maximum atomic E-state index is 12.3. The van der Waals surface area contributed by atoms with Crippen LogP contribution in [0.15, 0.2) is 29.3 Å². The molecule has 32 heavy (non-hydrogen) atoms. The highest BCUT2D eigenvalue weighted by atomic mass is 16.3. The van der Waals surface area contributed by atoms with Crippen LogP contribution in [0.3, 0.4) is 0 Å². The van der Waals surface area contributed by atoms with E-state index in [0.717, 1.165) is 50.3 Å². The number of allylic oxidation sites excluding steroid dienone is 1. The monoisotopic (exact) mass is 442 g/mol. The van der Waals surface area contributed by atoms with Crippen molar-refractivity contribution >= 4 is 17.9 Å². The number of amides is 2. The molecule has 1 aromatic rings. The number of aliphatic hydroxyl groups is 1. The second-order valence-electron chi connectivity index (χ2n) is 9.94. The van der Waals surface area contributed by atoms with Crippen LogP contribution >= 0.6 is 0 Å². The van der Waals surface area contributed by atoms with Crippen molar-refractivity contribution in [3.8, 4) is 0 Å². The smallest absolute Gasteiger partial charge is 0.317 e. The predicted molar refractivity (Wildman–Crippen MR) is 122 cm³/mol. The first-order valence-electron chi connectivity index (χ1n) is 11.7. The Kier molecular flexibility index (Phi) is 5.48. The molecule has 4 unspecified atom stereocenters. The largest absolute Gasteiger partial charge is 0.391 e. The molecule has 1 saturated heterocycles. The molecule has 0 spiro atoms. The van der Waals surface area contributed by atoms with Crippen LogP contribution in [0.2, 0.25) is 0 Å². The van der Waals surface area contributed by atoms with Gasteiger partial charge >= 0.3 is 6.03 Å². The van der Waals surface area contributed by atoms with Gasteiger partial charge in [-0.1, -0.05) is 0 Å². The molecule has 0 aromatic carbocycles. The summed E-state index contributed by atoms with van der Waals surface area (Å²) in [6, 6.07) is 0.929. The molecule has 10 heteroatoms. The van der Waals surface area contributed by atoms with E-state index in [1.54, 1.807) is 17.8 Å². The Balaban J connectivity index is 1.11. The number of aromatic nitrogens is 2. The molecule has 174 valence electrons. The van der Waals surface area contributed by atoms with Crippen molar-refractivity contribution in [2.45, 2.75) is 70.0 Å². The lowest BCUT2D eigenvalue weighted by molar-refractivity contribution is 0.168. The molecule has 0 radical (unpaired) electrons. The van der Waals surface area contributed by atoms with Crippen molar-refractivity contribution in [2.24, 2.45) is 16.8 Å². The fourth-order valence-electron chi connectivity index (χ4n) is 5.12. The average molecular weight is 443 g/mol. The van der Waals surface area contributed by atoms with Crippen LogP contribution in [-0.2, 0) is 6.54 Å². The summed E-state index contributed by atoms with van der Waals surface area (Å²) in [4.78, 5) is 18.9. The first-order valence-corrected chi connectivity index (χ1v) is 11.7. The highest BCUT2D eigenvalue weighted by molar-refractivity contribution is 5.75. The zero-order chi connectivity index (χ0) is 22.3. The van der Waals surface area contributed by atoms with E-state index in [4.69, 9.17) is 0 Å². The van der Waals surface area contributed by atoms with Gasteiger partial charge in [-0.25, -0.2) is 9.79 Å². The molecule has 5 N–H and O–H groups in total. The van der Waals surface area contributed by atoms with E-state index in [9.17, 15) is 9.90 Å². The van der Waals surface area contributed by atoms with E-state index in [-0.39, 0.29) is 6.03 Å². The van der Waals surface area contributed by atoms with Crippen molar-refractivity contribution in [1.29, 1.82) is 0 Å². The summed E-state index contributed by atoms with van der Waals surface area (Å²) in [7, 11) is 0. The number of urea groups is 1. The number of aliphatic hydroxyl groups excluding tert-OH is 1. The van der Waals surface area contributed by atoms with Gasteiger partial charge in [-0.3, -0.25) is 4.68 Å². The number of nitrogens with one attached hydrogen (secondary N) is 4. The van der Waals surface area contributed by atoms with Crippen molar-refractivity contribution in [3.05, 3.63) is 24.3 Å². The van der Waals surface area contributed by atoms with Gasteiger partial charge < -0.3 is 31.3 Å². The Morgan fingerprint density at radius 3 is 2.75 bits per heavy atom. The van der Waals surface area contributed by atoms with Crippen LogP contribution in [-0.4, -0.2) is 69.1 Å². The van der Waals surface area contributed by atoms with Gasteiger partial charge in [-0.05, 0) is 57.4 Å². The third kappa shape index (κ3) is 4.85. The number of fused-ring (bicyclic) bond motifs is 1. The lowest BCUT2D eigenvalue weighted by Gasteiger charge is -2.34. The van der Waals surface area contributed by atoms with Gasteiger partial charge in [-0.2, -0.15) is 5.10 Å². The molecule has 3 fully saturated rings. The van der Waals surface area contributed by atoms with Gasteiger partial charge in [0.15, 0.2) is 0 Å². The molecule has 2 saturated carbocycles. The number of hydrogen-bond donors (Lipinski definition) is 5. The van der Waals surface area contributed by atoms with E-state index in [1.807, 2.05) is 30.3 Å². The summed E-state index contributed by atoms with van der Waals surface area (Å²) in [5.74, 6) is 1.39. The standard InChI is InChI=1S/C22H34N8O2/c1-14(31)10-30-13-19(9-24-30)27-22(2)23-6-5-20(28-22)25-18-7-15-11-29(12-16(15)8-18)21(32)26-17-3-4-17/h5-6,9,13-18,25,27-28,31H,3-4,7-8,10-12H2,1-2H3,(H,26,32). The van der Waals surface area contributed by atoms with Gasteiger partial charge in [0, 0.05) is 37.6 Å². The number of likely N-dealkylation sites (tertiary alicyclic amines) is 1. The number of nitrogens with zero attached hydrogens (tertiary/aromatic N) is 4. The molecule has 0 bridgehead atoms. The zero-order valence-corrected chi connectivity index (χ0v) is 18.8. The zero-order valence-electron chi connectivity index (χ0n) is 18.8. The number of carbonyl (C=O) groups excluding carboxylic acids is 1. The number of anilines is 1. The summed E-state index contributed by atoms with van der Waals surface area (Å²) < 4.78 is 1.71. The Hall–Kier alpha value is -2.75. The molecule has 2 amide bonds. The van der Waals surface area contributed by atoms with Gasteiger partial charge in [0.2, 0.25) is 5.79 Å². The SMILES string of the molecule is CC(O)Cn1cc(NC2(C)N=CC=C(NC3CC4CN(C(=O)NC5CC5)CC4C3)N2)cn1. The van der Waals surface area contributed by atoms with Crippen molar-refractivity contribution in [1.82, 2.24) is 30.6 Å². The van der Waals surface area contributed by atoms with E-state index in [2.05, 4.69) is 31.4 Å². The van der Waals surface area contributed by atoms with Crippen LogP contribution in [0.25, 0.3) is 0 Å². The van der Waals surface area contributed by atoms with Crippen LogP contribution in [0.5, 0.6) is 0 Å². The molecule has 4 atom stereocenters. The number of hydrogen-bond acceptors (Lipinski definition) is 7. The summed E-state index contributed by atoms with van der Waals surface area (Å²) in [6.45, 7) is 5.90. The minimum Gasteiger partial charge on any atom is -0.391 e. The summed E-state index contributed by atoms with van der Waals surface area (Å²) >= 11 is 0. The number of aliphatic imine (C=N–C) groups is 1. The van der Waals surface area contributed by atoms with Crippen LogP contribution in [0, 0.1) is 11.8 Å². The highest BCUT2D eigenvalue weighted by Crippen LogP contribution is 2.38. The lowest BCUT2D eigenvalue weighted by atomic mass is 10.0. The Labute approximate surface area is 188 Å². The fourth-order valence-corrected chi connectivity index (χ4v) is 5.12. The summed E-state index contributed by atoms with van der Waals surface area (Å²) in [6.07, 6.45) is 11.3. The second kappa shape index (κ2) is 8.31. The van der Waals surface area contributed by atoms with E-state index in [0.29, 0.717) is 30.5 Å². The number of rotatable bonds is 7. The van der Waals surface area contributed by atoms with Crippen LogP contribution < -0.4 is 21.3 Å². The van der Waals surface area contributed by atoms with Crippen LogP contribution in [0.1, 0.15) is 39.5 Å². The first-order chi connectivity index (χ1) is 15.3. The lowest BCUT2D eigenvalue weighted by Crippen LogP contribution is -2.52. The van der Waals surface area contributed by atoms with Gasteiger partial charge in [0.1, 0.15) is 5.82 Å². The Bertz CT molecular complexity index is 893. The molecule has 2 aliphatic heterocycles. The minimum absolute atomic E-state index is 0.123. The summed E-state index contributed by atoms with van der Waals surface area (Å²) in [5.41, 5.74) is 0.832. The van der Waals surface area contributed by atoms with E-state index in [1.165, 1.54) is 0 Å². The Morgan fingerprint density at radius 2 is 2.06 bits per heavy atom. The third-order valence-corrected chi connectivity index (χ3v) is 6.73. The molecule has 1 aromatic heterocycles. The second-order valence-corrected chi connectivity index (χ2v) is 9.94. The molecular formula is C22H34N8O2. The first kappa shape index (κ1) is 21.1. The topological polar surface area (TPSA) is 119 Å². The van der Waals surface area contributed by atoms with E-state index < -0.39 is 11.9 Å².